The lowest BCUT2D eigenvalue weighted by Gasteiger charge is -2.40. The second-order valence-corrected chi connectivity index (χ2v) is 6.50. The molecule has 2 N–H and O–H groups in total. The first kappa shape index (κ1) is 14.6. The first-order chi connectivity index (χ1) is 10.2. The van der Waals surface area contributed by atoms with E-state index in [4.69, 9.17) is 5.73 Å². The average molecular weight is 282 g/mol. The van der Waals surface area contributed by atoms with Crippen molar-refractivity contribution < 1.29 is 0 Å². The van der Waals surface area contributed by atoms with Crippen molar-refractivity contribution in [3.05, 3.63) is 48.0 Å². The van der Waals surface area contributed by atoms with Gasteiger partial charge in [-0.25, -0.2) is 0 Å². The van der Waals surface area contributed by atoms with Crippen LogP contribution < -0.4 is 5.73 Å². The molecule has 1 unspecified atom stereocenters. The molecular weight excluding hydrogens is 256 g/mol. The molecule has 0 aliphatic carbocycles. The van der Waals surface area contributed by atoms with Crippen molar-refractivity contribution in [1.29, 1.82) is 0 Å². The Labute approximate surface area is 127 Å². The molecule has 2 heteroatoms. The van der Waals surface area contributed by atoms with E-state index in [9.17, 15) is 0 Å². The summed E-state index contributed by atoms with van der Waals surface area (Å²) in [7, 11) is 0. The molecule has 1 aliphatic heterocycles. The van der Waals surface area contributed by atoms with Gasteiger partial charge in [0.05, 0.1) is 0 Å². The summed E-state index contributed by atoms with van der Waals surface area (Å²) in [6.07, 6.45) is 3.95. The minimum atomic E-state index is 0.0825. The number of likely N-dealkylation sites (tertiary alicyclic amines) is 1. The molecule has 112 valence electrons. The Balaban J connectivity index is 1.85. The van der Waals surface area contributed by atoms with E-state index in [0.717, 1.165) is 6.54 Å². The summed E-state index contributed by atoms with van der Waals surface area (Å²) < 4.78 is 0. The average Bonchev–Trinajstić information content (AvgIpc) is 2.50. The summed E-state index contributed by atoms with van der Waals surface area (Å²) in [5.74, 6) is 0. The van der Waals surface area contributed by atoms with Crippen molar-refractivity contribution in [2.45, 2.75) is 51.2 Å². The standard InChI is InChI=1S/C19H26N2/c1-14-7-5-8-15(2)21(14)13-19(20)18-12-6-10-16-9-3-4-11-17(16)18/h3-4,6,9-12,14-15,19H,5,7-8,13,20H2,1-2H3/t14-,15+,19?. The Hall–Kier alpha value is -1.38. The maximum absolute atomic E-state index is 6.57. The van der Waals surface area contributed by atoms with E-state index in [2.05, 4.69) is 61.2 Å². The van der Waals surface area contributed by atoms with E-state index in [-0.39, 0.29) is 6.04 Å². The van der Waals surface area contributed by atoms with Crippen LogP contribution in [0.4, 0.5) is 0 Å². The summed E-state index contributed by atoms with van der Waals surface area (Å²) in [5.41, 5.74) is 7.85. The molecule has 0 spiro atoms. The lowest BCUT2D eigenvalue weighted by molar-refractivity contribution is 0.0963. The summed E-state index contributed by atoms with van der Waals surface area (Å²) in [6, 6.07) is 16.4. The number of fused-ring (bicyclic) bond motifs is 1. The zero-order valence-electron chi connectivity index (χ0n) is 13.1. The van der Waals surface area contributed by atoms with Gasteiger partial charge in [0.2, 0.25) is 0 Å². The van der Waals surface area contributed by atoms with Gasteiger partial charge in [0.25, 0.3) is 0 Å². The second-order valence-electron chi connectivity index (χ2n) is 6.50. The van der Waals surface area contributed by atoms with E-state index in [1.54, 1.807) is 0 Å². The molecule has 3 rings (SSSR count). The van der Waals surface area contributed by atoms with E-state index in [1.807, 2.05) is 0 Å². The van der Waals surface area contributed by atoms with Gasteiger partial charge < -0.3 is 5.73 Å². The van der Waals surface area contributed by atoms with Gasteiger partial charge in [-0.3, -0.25) is 4.90 Å². The molecule has 1 heterocycles. The monoisotopic (exact) mass is 282 g/mol. The minimum Gasteiger partial charge on any atom is -0.323 e. The van der Waals surface area contributed by atoms with Crippen LogP contribution in [0.15, 0.2) is 42.5 Å². The van der Waals surface area contributed by atoms with E-state index < -0.39 is 0 Å². The summed E-state index contributed by atoms with van der Waals surface area (Å²) in [4.78, 5) is 2.59. The molecule has 0 saturated carbocycles. The van der Waals surface area contributed by atoms with Gasteiger partial charge in [-0.2, -0.15) is 0 Å². The van der Waals surface area contributed by atoms with Gasteiger partial charge >= 0.3 is 0 Å². The van der Waals surface area contributed by atoms with Crippen molar-refractivity contribution in [1.82, 2.24) is 4.90 Å². The first-order valence-electron chi connectivity index (χ1n) is 8.16. The Morgan fingerprint density at radius 2 is 1.71 bits per heavy atom. The molecule has 0 aromatic heterocycles. The third kappa shape index (κ3) is 2.97. The largest absolute Gasteiger partial charge is 0.323 e. The fourth-order valence-electron chi connectivity index (χ4n) is 3.73. The Morgan fingerprint density at radius 3 is 2.48 bits per heavy atom. The van der Waals surface area contributed by atoms with Crippen LogP contribution >= 0.6 is 0 Å². The van der Waals surface area contributed by atoms with Crippen LogP contribution in [0.5, 0.6) is 0 Å². The van der Waals surface area contributed by atoms with Crippen LogP contribution in [-0.4, -0.2) is 23.5 Å². The highest BCUT2D eigenvalue weighted by atomic mass is 15.2. The number of nitrogens with two attached hydrogens (primary N) is 1. The maximum Gasteiger partial charge on any atom is 0.0430 e. The minimum absolute atomic E-state index is 0.0825. The van der Waals surface area contributed by atoms with Crippen LogP contribution in [0.3, 0.4) is 0 Å². The second kappa shape index (κ2) is 6.17. The molecule has 0 bridgehead atoms. The highest BCUT2D eigenvalue weighted by molar-refractivity contribution is 5.86. The molecule has 1 aliphatic rings. The fraction of sp³-hybridized carbons (Fsp3) is 0.474. The highest BCUT2D eigenvalue weighted by Crippen LogP contribution is 2.28. The zero-order chi connectivity index (χ0) is 14.8. The molecule has 2 aromatic carbocycles. The van der Waals surface area contributed by atoms with Crippen molar-refractivity contribution in [2.24, 2.45) is 5.73 Å². The number of piperidine rings is 1. The zero-order valence-corrected chi connectivity index (χ0v) is 13.1. The van der Waals surface area contributed by atoms with Gasteiger partial charge in [-0.1, -0.05) is 48.9 Å². The Bertz CT molecular complexity index is 592. The van der Waals surface area contributed by atoms with Crippen molar-refractivity contribution >= 4 is 10.8 Å². The van der Waals surface area contributed by atoms with Crippen molar-refractivity contribution in [2.75, 3.05) is 6.54 Å². The highest BCUT2D eigenvalue weighted by Gasteiger charge is 2.26. The lowest BCUT2D eigenvalue weighted by atomic mass is 9.94. The third-order valence-electron chi connectivity index (χ3n) is 5.01. The van der Waals surface area contributed by atoms with Crippen LogP contribution in [-0.2, 0) is 0 Å². The molecule has 1 saturated heterocycles. The van der Waals surface area contributed by atoms with Crippen LogP contribution in [0, 0.1) is 0 Å². The first-order valence-corrected chi connectivity index (χ1v) is 8.16. The van der Waals surface area contributed by atoms with E-state index in [0.29, 0.717) is 12.1 Å². The van der Waals surface area contributed by atoms with Crippen molar-refractivity contribution in [3.8, 4) is 0 Å². The van der Waals surface area contributed by atoms with Gasteiger partial charge in [0, 0.05) is 24.7 Å². The third-order valence-corrected chi connectivity index (χ3v) is 5.01. The maximum atomic E-state index is 6.57. The summed E-state index contributed by atoms with van der Waals surface area (Å²) >= 11 is 0. The number of hydrogen-bond acceptors (Lipinski definition) is 2. The molecule has 2 nitrogen and oxygen atoms in total. The van der Waals surface area contributed by atoms with Gasteiger partial charge in [-0.15, -0.1) is 0 Å². The Morgan fingerprint density at radius 1 is 1.05 bits per heavy atom. The molecule has 1 fully saturated rings. The van der Waals surface area contributed by atoms with Gasteiger partial charge in [-0.05, 0) is 43.0 Å². The Kier molecular flexibility index (Phi) is 4.27. The number of rotatable bonds is 3. The topological polar surface area (TPSA) is 29.3 Å². The van der Waals surface area contributed by atoms with Crippen LogP contribution in [0.2, 0.25) is 0 Å². The predicted molar refractivity (Wildman–Crippen MR) is 90.4 cm³/mol. The lowest BCUT2D eigenvalue weighted by Crippen LogP contribution is -2.46. The molecule has 21 heavy (non-hydrogen) atoms. The smallest absolute Gasteiger partial charge is 0.0430 e. The molecule has 0 radical (unpaired) electrons. The summed E-state index contributed by atoms with van der Waals surface area (Å²) in [5, 5.41) is 2.58. The predicted octanol–water partition coefficient (Wildman–Crippen LogP) is 4.10. The van der Waals surface area contributed by atoms with Crippen molar-refractivity contribution in [3.63, 3.8) is 0 Å². The fourth-order valence-corrected chi connectivity index (χ4v) is 3.73. The molecule has 2 aromatic rings. The molecule has 0 amide bonds. The van der Waals surface area contributed by atoms with Gasteiger partial charge in [0.1, 0.15) is 0 Å². The molecule has 3 atom stereocenters. The normalized spacial score (nSPS) is 25.1. The summed E-state index contributed by atoms with van der Waals surface area (Å²) in [6.45, 7) is 5.63. The van der Waals surface area contributed by atoms with Crippen LogP contribution in [0.25, 0.3) is 10.8 Å². The van der Waals surface area contributed by atoms with Crippen LogP contribution in [0.1, 0.15) is 44.7 Å². The van der Waals surface area contributed by atoms with E-state index in [1.165, 1.54) is 35.6 Å². The quantitative estimate of drug-likeness (QED) is 0.918. The number of hydrogen-bond donors (Lipinski definition) is 1. The number of nitrogens with zero attached hydrogens (tertiary/aromatic N) is 1. The van der Waals surface area contributed by atoms with Gasteiger partial charge in [0.15, 0.2) is 0 Å². The SMILES string of the molecule is C[C@@H]1CCC[C@H](C)N1CC(N)c1cccc2ccccc12. The van der Waals surface area contributed by atoms with E-state index >= 15 is 0 Å². The molecular formula is C19H26N2. The number of benzene rings is 2.